The Morgan fingerprint density at radius 2 is 2.32 bits per heavy atom. The lowest BCUT2D eigenvalue weighted by atomic mass is 10.0. The molecular formula is C13H20N4O2. The zero-order valence-corrected chi connectivity index (χ0v) is 11.4. The molecule has 6 nitrogen and oxygen atoms in total. The summed E-state index contributed by atoms with van der Waals surface area (Å²) >= 11 is 0. The summed E-state index contributed by atoms with van der Waals surface area (Å²) in [4.78, 5) is 25.5. The Bertz CT molecular complexity index is 469. The fourth-order valence-corrected chi connectivity index (χ4v) is 2.31. The molecule has 0 aromatic carbocycles. The van der Waals surface area contributed by atoms with Crippen molar-refractivity contribution in [3.8, 4) is 0 Å². The van der Waals surface area contributed by atoms with Gasteiger partial charge in [-0.3, -0.25) is 14.3 Å². The van der Waals surface area contributed by atoms with Crippen molar-refractivity contribution in [3.63, 3.8) is 0 Å². The number of piperidine rings is 1. The van der Waals surface area contributed by atoms with Crippen molar-refractivity contribution in [1.82, 2.24) is 20.0 Å². The van der Waals surface area contributed by atoms with E-state index in [1.54, 1.807) is 24.0 Å². The molecule has 1 N–H and O–H groups in total. The van der Waals surface area contributed by atoms with Crippen molar-refractivity contribution in [2.75, 3.05) is 19.6 Å². The summed E-state index contributed by atoms with van der Waals surface area (Å²) in [6, 6.07) is 1.63. The third kappa shape index (κ3) is 3.56. The molecule has 1 saturated heterocycles. The van der Waals surface area contributed by atoms with Gasteiger partial charge in [0, 0.05) is 26.3 Å². The van der Waals surface area contributed by atoms with Crippen molar-refractivity contribution in [2.24, 2.45) is 13.0 Å². The highest BCUT2D eigenvalue weighted by atomic mass is 16.2. The Balaban J connectivity index is 1.81. The molecule has 1 fully saturated rings. The van der Waals surface area contributed by atoms with E-state index in [9.17, 15) is 9.59 Å². The van der Waals surface area contributed by atoms with Gasteiger partial charge in [-0.15, -0.1) is 0 Å². The van der Waals surface area contributed by atoms with Crippen LogP contribution in [0.15, 0.2) is 12.3 Å². The number of aromatic nitrogens is 2. The van der Waals surface area contributed by atoms with Crippen molar-refractivity contribution in [2.45, 2.75) is 19.8 Å². The minimum Gasteiger partial charge on any atom is -0.342 e. The van der Waals surface area contributed by atoms with Gasteiger partial charge >= 0.3 is 0 Å². The molecule has 0 spiro atoms. The Morgan fingerprint density at radius 3 is 2.95 bits per heavy atom. The Morgan fingerprint density at radius 1 is 1.53 bits per heavy atom. The molecule has 0 bridgehead atoms. The lowest BCUT2D eigenvalue weighted by Gasteiger charge is -2.30. The SMILES string of the molecule is CC1CCCN(C(=O)CNC(=O)c2ccn(C)n2)C1. The number of carbonyl (C=O) groups excluding carboxylic acids is 2. The van der Waals surface area contributed by atoms with Crippen LogP contribution >= 0.6 is 0 Å². The quantitative estimate of drug-likeness (QED) is 0.859. The Labute approximate surface area is 112 Å². The number of likely N-dealkylation sites (tertiary alicyclic amines) is 1. The summed E-state index contributed by atoms with van der Waals surface area (Å²) < 4.78 is 1.56. The summed E-state index contributed by atoms with van der Waals surface area (Å²) in [7, 11) is 1.75. The molecule has 0 saturated carbocycles. The summed E-state index contributed by atoms with van der Waals surface area (Å²) in [6.07, 6.45) is 3.91. The molecule has 2 heterocycles. The summed E-state index contributed by atoms with van der Waals surface area (Å²) in [5.74, 6) is 0.221. The van der Waals surface area contributed by atoms with E-state index in [0.717, 1.165) is 19.5 Å². The van der Waals surface area contributed by atoms with Gasteiger partial charge in [-0.25, -0.2) is 0 Å². The molecule has 1 atom stereocenters. The van der Waals surface area contributed by atoms with Crippen LogP contribution in [-0.2, 0) is 11.8 Å². The fraction of sp³-hybridized carbons (Fsp3) is 0.615. The van der Waals surface area contributed by atoms with Crippen LogP contribution in [0.25, 0.3) is 0 Å². The van der Waals surface area contributed by atoms with E-state index in [1.165, 1.54) is 6.42 Å². The number of amides is 2. The van der Waals surface area contributed by atoms with Crippen molar-refractivity contribution >= 4 is 11.8 Å². The minimum atomic E-state index is -0.306. The third-order valence-corrected chi connectivity index (χ3v) is 3.36. The van der Waals surface area contributed by atoms with Crippen LogP contribution in [-0.4, -0.2) is 46.1 Å². The predicted octanol–water partition coefficient (Wildman–Crippen LogP) is 0.408. The van der Waals surface area contributed by atoms with Crippen molar-refractivity contribution in [3.05, 3.63) is 18.0 Å². The molecule has 0 aliphatic carbocycles. The Hall–Kier alpha value is -1.85. The lowest BCUT2D eigenvalue weighted by molar-refractivity contribution is -0.131. The molecule has 19 heavy (non-hydrogen) atoms. The molecule has 1 aliphatic rings. The van der Waals surface area contributed by atoms with Crippen LogP contribution in [0.3, 0.4) is 0 Å². The highest BCUT2D eigenvalue weighted by molar-refractivity contribution is 5.94. The minimum absolute atomic E-state index is 0.0177. The van der Waals surface area contributed by atoms with Gasteiger partial charge in [0.25, 0.3) is 5.91 Å². The van der Waals surface area contributed by atoms with Crippen LogP contribution < -0.4 is 5.32 Å². The molecule has 1 unspecified atom stereocenters. The normalized spacial score (nSPS) is 19.3. The topological polar surface area (TPSA) is 67.2 Å². The first-order valence-corrected chi connectivity index (χ1v) is 6.62. The maximum Gasteiger partial charge on any atom is 0.272 e. The molecule has 2 rings (SSSR count). The van der Waals surface area contributed by atoms with Gasteiger partial charge in [0.15, 0.2) is 0 Å². The third-order valence-electron chi connectivity index (χ3n) is 3.36. The van der Waals surface area contributed by atoms with Gasteiger partial charge in [0.2, 0.25) is 5.91 Å². The fourth-order valence-electron chi connectivity index (χ4n) is 2.31. The van der Waals surface area contributed by atoms with E-state index in [2.05, 4.69) is 17.3 Å². The number of nitrogens with zero attached hydrogens (tertiary/aromatic N) is 3. The molecule has 104 valence electrons. The maximum atomic E-state index is 12.0. The van der Waals surface area contributed by atoms with E-state index in [-0.39, 0.29) is 18.4 Å². The second-order valence-corrected chi connectivity index (χ2v) is 5.14. The molecule has 1 aliphatic heterocycles. The standard InChI is InChI=1S/C13H20N4O2/c1-10-4-3-6-17(9-10)12(18)8-14-13(19)11-5-7-16(2)15-11/h5,7,10H,3-4,6,8-9H2,1-2H3,(H,14,19). The second kappa shape index (κ2) is 5.86. The van der Waals surface area contributed by atoms with Gasteiger partial charge in [-0.1, -0.05) is 6.92 Å². The highest BCUT2D eigenvalue weighted by Gasteiger charge is 2.21. The van der Waals surface area contributed by atoms with E-state index >= 15 is 0 Å². The van der Waals surface area contributed by atoms with Crippen molar-refractivity contribution in [1.29, 1.82) is 0 Å². The number of nitrogens with one attached hydrogen (secondary N) is 1. The predicted molar refractivity (Wildman–Crippen MR) is 70.5 cm³/mol. The molecule has 1 aromatic rings. The number of aryl methyl sites for hydroxylation is 1. The van der Waals surface area contributed by atoms with E-state index in [0.29, 0.717) is 11.6 Å². The monoisotopic (exact) mass is 264 g/mol. The maximum absolute atomic E-state index is 12.0. The Kier molecular flexibility index (Phi) is 4.19. The van der Waals surface area contributed by atoms with Gasteiger partial charge in [0.1, 0.15) is 5.69 Å². The average molecular weight is 264 g/mol. The van der Waals surface area contributed by atoms with E-state index in [1.807, 2.05) is 4.90 Å². The van der Waals surface area contributed by atoms with Gasteiger partial charge < -0.3 is 10.2 Å². The highest BCUT2D eigenvalue weighted by Crippen LogP contribution is 2.15. The first-order chi connectivity index (χ1) is 9.06. The summed E-state index contributed by atoms with van der Waals surface area (Å²) in [6.45, 7) is 3.77. The van der Waals surface area contributed by atoms with Crippen LogP contribution in [0.4, 0.5) is 0 Å². The van der Waals surface area contributed by atoms with Crippen LogP contribution in [0.2, 0.25) is 0 Å². The van der Waals surface area contributed by atoms with Crippen LogP contribution in [0.1, 0.15) is 30.3 Å². The number of hydrogen-bond acceptors (Lipinski definition) is 3. The molecule has 6 heteroatoms. The van der Waals surface area contributed by atoms with E-state index in [4.69, 9.17) is 0 Å². The number of carbonyl (C=O) groups is 2. The zero-order chi connectivity index (χ0) is 13.8. The molecule has 0 radical (unpaired) electrons. The number of hydrogen-bond donors (Lipinski definition) is 1. The van der Waals surface area contributed by atoms with Crippen molar-refractivity contribution < 1.29 is 9.59 Å². The van der Waals surface area contributed by atoms with Gasteiger partial charge in [0.05, 0.1) is 6.54 Å². The van der Waals surface area contributed by atoms with Gasteiger partial charge in [-0.05, 0) is 24.8 Å². The second-order valence-electron chi connectivity index (χ2n) is 5.14. The first-order valence-electron chi connectivity index (χ1n) is 6.62. The smallest absolute Gasteiger partial charge is 0.272 e. The molecule has 2 amide bonds. The van der Waals surface area contributed by atoms with Crippen LogP contribution in [0, 0.1) is 5.92 Å². The lowest BCUT2D eigenvalue weighted by Crippen LogP contribution is -2.44. The zero-order valence-electron chi connectivity index (χ0n) is 11.4. The largest absolute Gasteiger partial charge is 0.342 e. The summed E-state index contributed by atoms with van der Waals surface area (Å²) in [5, 5.41) is 6.61. The van der Waals surface area contributed by atoms with Crippen LogP contribution in [0.5, 0.6) is 0 Å². The molecular weight excluding hydrogens is 244 g/mol. The van der Waals surface area contributed by atoms with Gasteiger partial charge in [-0.2, -0.15) is 5.10 Å². The first kappa shape index (κ1) is 13.6. The summed E-state index contributed by atoms with van der Waals surface area (Å²) in [5.41, 5.74) is 0.335. The average Bonchev–Trinajstić information content (AvgIpc) is 2.82. The number of rotatable bonds is 3. The molecule has 1 aromatic heterocycles. The van der Waals surface area contributed by atoms with E-state index < -0.39 is 0 Å².